The Hall–Kier alpha value is -2.14. The van der Waals surface area contributed by atoms with Crippen molar-refractivity contribution in [1.29, 1.82) is 0 Å². The van der Waals surface area contributed by atoms with Gasteiger partial charge >= 0.3 is 11.6 Å². The van der Waals surface area contributed by atoms with E-state index in [0.29, 0.717) is 25.0 Å². The van der Waals surface area contributed by atoms with Crippen molar-refractivity contribution >= 4 is 16.9 Å². The van der Waals surface area contributed by atoms with Crippen LogP contribution < -0.4 is 10.9 Å². The van der Waals surface area contributed by atoms with Gasteiger partial charge < -0.3 is 14.8 Å². The van der Waals surface area contributed by atoms with Crippen LogP contribution >= 0.6 is 0 Å². The van der Waals surface area contributed by atoms with Crippen molar-refractivity contribution in [3.63, 3.8) is 0 Å². The summed E-state index contributed by atoms with van der Waals surface area (Å²) < 4.78 is 5.17. The van der Waals surface area contributed by atoms with Gasteiger partial charge in [-0.25, -0.2) is 4.79 Å². The van der Waals surface area contributed by atoms with Gasteiger partial charge in [-0.2, -0.15) is 0 Å². The molecule has 20 heavy (non-hydrogen) atoms. The molecule has 2 heterocycles. The minimum absolute atomic E-state index is 0.0141. The Labute approximate surface area is 115 Å². The third-order valence-corrected chi connectivity index (χ3v) is 3.80. The SMILES string of the molecule is O=C(O)C1CCNC(c2ccc3ccc(=O)oc3c2)C1. The van der Waals surface area contributed by atoms with Gasteiger partial charge in [-0.15, -0.1) is 0 Å². The molecule has 5 heteroatoms. The molecule has 0 saturated carbocycles. The van der Waals surface area contributed by atoms with Crippen LogP contribution in [-0.2, 0) is 4.79 Å². The minimum Gasteiger partial charge on any atom is -0.481 e. The van der Waals surface area contributed by atoms with Crippen LogP contribution in [0.15, 0.2) is 39.5 Å². The summed E-state index contributed by atoms with van der Waals surface area (Å²) in [5.41, 5.74) is 1.11. The van der Waals surface area contributed by atoms with Crippen LogP contribution in [0.4, 0.5) is 0 Å². The topological polar surface area (TPSA) is 79.5 Å². The van der Waals surface area contributed by atoms with E-state index >= 15 is 0 Å². The van der Waals surface area contributed by atoms with Crippen molar-refractivity contribution in [2.24, 2.45) is 5.92 Å². The molecule has 0 bridgehead atoms. The molecule has 1 aliphatic rings. The molecule has 1 saturated heterocycles. The number of fused-ring (bicyclic) bond motifs is 1. The first-order valence-corrected chi connectivity index (χ1v) is 6.63. The Morgan fingerprint density at radius 3 is 2.90 bits per heavy atom. The predicted molar refractivity (Wildman–Crippen MR) is 73.6 cm³/mol. The van der Waals surface area contributed by atoms with Crippen molar-refractivity contribution in [2.75, 3.05) is 6.54 Å². The van der Waals surface area contributed by atoms with Crippen molar-refractivity contribution < 1.29 is 14.3 Å². The van der Waals surface area contributed by atoms with Gasteiger partial charge in [-0.3, -0.25) is 4.79 Å². The van der Waals surface area contributed by atoms with Gasteiger partial charge in [-0.1, -0.05) is 12.1 Å². The quantitative estimate of drug-likeness (QED) is 0.817. The molecule has 2 unspecified atom stereocenters. The number of carboxylic acid groups (broad SMARTS) is 1. The highest BCUT2D eigenvalue weighted by Gasteiger charge is 2.27. The van der Waals surface area contributed by atoms with Crippen LogP contribution in [0.25, 0.3) is 11.0 Å². The fraction of sp³-hybridized carbons (Fsp3) is 0.333. The summed E-state index contributed by atoms with van der Waals surface area (Å²) >= 11 is 0. The fourth-order valence-electron chi connectivity index (χ4n) is 2.69. The van der Waals surface area contributed by atoms with E-state index in [1.165, 1.54) is 6.07 Å². The number of aliphatic carboxylic acids is 1. The lowest BCUT2D eigenvalue weighted by atomic mass is 9.88. The Morgan fingerprint density at radius 2 is 2.10 bits per heavy atom. The predicted octanol–water partition coefficient (Wildman–Crippen LogP) is 1.92. The van der Waals surface area contributed by atoms with E-state index in [0.717, 1.165) is 10.9 Å². The lowest BCUT2D eigenvalue weighted by Gasteiger charge is -2.28. The first-order valence-electron chi connectivity index (χ1n) is 6.63. The van der Waals surface area contributed by atoms with Gasteiger partial charge in [0.1, 0.15) is 5.58 Å². The monoisotopic (exact) mass is 273 g/mol. The van der Waals surface area contributed by atoms with Crippen LogP contribution in [-0.4, -0.2) is 17.6 Å². The Kier molecular flexibility index (Phi) is 3.28. The summed E-state index contributed by atoms with van der Waals surface area (Å²) in [6.45, 7) is 0.679. The second kappa shape index (κ2) is 5.09. The smallest absolute Gasteiger partial charge is 0.336 e. The molecule has 1 aromatic heterocycles. The molecule has 2 atom stereocenters. The van der Waals surface area contributed by atoms with Gasteiger partial charge in [0.25, 0.3) is 0 Å². The van der Waals surface area contributed by atoms with Crippen molar-refractivity contribution in [1.82, 2.24) is 5.32 Å². The van der Waals surface area contributed by atoms with Gasteiger partial charge in [0.15, 0.2) is 0 Å². The first-order chi connectivity index (χ1) is 9.63. The second-order valence-corrected chi connectivity index (χ2v) is 5.12. The maximum Gasteiger partial charge on any atom is 0.336 e. The van der Waals surface area contributed by atoms with Crippen LogP contribution in [0.3, 0.4) is 0 Å². The molecular formula is C15H15NO4. The molecule has 0 radical (unpaired) electrons. The number of carbonyl (C=O) groups is 1. The molecule has 3 rings (SSSR count). The highest BCUT2D eigenvalue weighted by Crippen LogP contribution is 2.29. The van der Waals surface area contributed by atoms with E-state index in [9.17, 15) is 9.59 Å². The lowest BCUT2D eigenvalue weighted by molar-refractivity contribution is -0.143. The van der Waals surface area contributed by atoms with E-state index in [1.807, 2.05) is 18.2 Å². The number of rotatable bonds is 2. The fourth-order valence-corrected chi connectivity index (χ4v) is 2.69. The van der Waals surface area contributed by atoms with Gasteiger partial charge in [-0.05, 0) is 37.1 Å². The Morgan fingerprint density at radius 1 is 1.30 bits per heavy atom. The second-order valence-electron chi connectivity index (χ2n) is 5.12. The summed E-state index contributed by atoms with van der Waals surface area (Å²) in [5, 5.41) is 13.3. The van der Waals surface area contributed by atoms with Crippen molar-refractivity contribution in [2.45, 2.75) is 18.9 Å². The lowest BCUT2D eigenvalue weighted by Crippen LogP contribution is -2.34. The third-order valence-electron chi connectivity index (χ3n) is 3.80. The number of nitrogens with one attached hydrogen (secondary N) is 1. The van der Waals surface area contributed by atoms with E-state index in [4.69, 9.17) is 9.52 Å². The third kappa shape index (κ3) is 2.44. The molecular weight excluding hydrogens is 258 g/mol. The number of benzene rings is 1. The zero-order chi connectivity index (χ0) is 14.1. The van der Waals surface area contributed by atoms with Crippen molar-refractivity contribution in [3.8, 4) is 0 Å². The van der Waals surface area contributed by atoms with Crippen molar-refractivity contribution in [3.05, 3.63) is 46.3 Å². The van der Waals surface area contributed by atoms with Crippen LogP contribution in [0, 0.1) is 5.92 Å². The molecule has 2 aromatic rings. The van der Waals surface area contributed by atoms with E-state index in [1.54, 1.807) is 6.07 Å². The first kappa shape index (κ1) is 12.9. The molecule has 0 aliphatic carbocycles. The van der Waals surface area contributed by atoms with Gasteiger partial charge in [0, 0.05) is 17.5 Å². The zero-order valence-corrected chi connectivity index (χ0v) is 10.8. The molecule has 1 fully saturated rings. The molecule has 1 aliphatic heterocycles. The largest absolute Gasteiger partial charge is 0.481 e. The molecule has 1 aromatic carbocycles. The molecule has 104 valence electrons. The average molecular weight is 273 g/mol. The van der Waals surface area contributed by atoms with E-state index < -0.39 is 5.97 Å². The molecule has 0 amide bonds. The summed E-state index contributed by atoms with van der Waals surface area (Å²) in [6.07, 6.45) is 1.20. The summed E-state index contributed by atoms with van der Waals surface area (Å²) in [7, 11) is 0. The maximum absolute atomic E-state index is 11.3. The number of piperidine rings is 1. The molecule has 0 spiro atoms. The van der Waals surface area contributed by atoms with E-state index in [-0.39, 0.29) is 17.6 Å². The number of hydrogen-bond donors (Lipinski definition) is 2. The van der Waals surface area contributed by atoms with Gasteiger partial charge in [0.2, 0.25) is 0 Å². The average Bonchev–Trinajstić information content (AvgIpc) is 2.46. The molecule has 2 N–H and O–H groups in total. The standard InChI is InChI=1S/C15H15NO4/c17-14-4-3-9-1-2-10(8-13(9)20-14)12-7-11(15(18)19)5-6-16-12/h1-4,8,11-12,16H,5-7H2,(H,18,19). The zero-order valence-electron chi connectivity index (χ0n) is 10.8. The van der Waals surface area contributed by atoms with Crippen LogP contribution in [0.2, 0.25) is 0 Å². The number of carboxylic acids is 1. The summed E-state index contributed by atoms with van der Waals surface area (Å²) in [6, 6.07) is 8.75. The highest BCUT2D eigenvalue weighted by molar-refractivity contribution is 5.77. The van der Waals surface area contributed by atoms with Crippen LogP contribution in [0.1, 0.15) is 24.4 Å². The highest BCUT2D eigenvalue weighted by atomic mass is 16.4. The summed E-state index contributed by atoms with van der Waals surface area (Å²) in [5.74, 6) is -1.07. The van der Waals surface area contributed by atoms with E-state index in [2.05, 4.69) is 5.32 Å². The maximum atomic E-state index is 11.3. The number of hydrogen-bond acceptors (Lipinski definition) is 4. The minimum atomic E-state index is -0.746. The Bertz CT molecular complexity index is 706. The molecule has 5 nitrogen and oxygen atoms in total. The van der Waals surface area contributed by atoms with Gasteiger partial charge in [0.05, 0.1) is 5.92 Å². The Balaban J connectivity index is 1.93. The summed E-state index contributed by atoms with van der Waals surface area (Å²) in [4.78, 5) is 22.4. The van der Waals surface area contributed by atoms with Crippen LogP contribution in [0.5, 0.6) is 0 Å². The normalized spacial score (nSPS) is 22.8.